The monoisotopic (exact) mass is 487 g/mol. The summed E-state index contributed by atoms with van der Waals surface area (Å²) in [6, 6.07) is 11.0. The largest absolute Gasteiger partial charge is 0.497 e. The number of rotatable bonds is 11. The number of nitrogens with one attached hydrogen (secondary N) is 1. The summed E-state index contributed by atoms with van der Waals surface area (Å²) in [5.41, 5.74) is 2.37. The predicted octanol–water partition coefficient (Wildman–Crippen LogP) is 4.75. The van der Waals surface area contributed by atoms with Gasteiger partial charge in [0.05, 0.1) is 36.0 Å². The number of anilines is 2. The Morgan fingerprint density at radius 2 is 1.97 bits per heavy atom. The summed E-state index contributed by atoms with van der Waals surface area (Å²) in [5.74, 6) is 0.470. The van der Waals surface area contributed by atoms with Crippen molar-refractivity contribution in [3.63, 3.8) is 0 Å². The maximum absolute atomic E-state index is 11.8. The van der Waals surface area contributed by atoms with Crippen molar-refractivity contribution in [1.82, 2.24) is 19.9 Å². The number of hydrogen-bond donors (Lipinski definition) is 2. The van der Waals surface area contributed by atoms with Crippen LogP contribution >= 0.6 is 0 Å². The van der Waals surface area contributed by atoms with Crippen molar-refractivity contribution in [2.75, 3.05) is 39.7 Å². The van der Waals surface area contributed by atoms with E-state index in [0.29, 0.717) is 46.1 Å². The Bertz CT molecular complexity index is 1420. The van der Waals surface area contributed by atoms with Crippen LogP contribution in [0.25, 0.3) is 27.4 Å². The van der Waals surface area contributed by atoms with Gasteiger partial charge in [-0.3, -0.25) is 4.98 Å². The summed E-state index contributed by atoms with van der Waals surface area (Å²) in [7, 11) is 5.65. The average Bonchev–Trinajstić information content (AvgIpc) is 2.87. The molecule has 9 nitrogen and oxygen atoms in total. The Hall–Kier alpha value is -4.24. The van der Waals surface area contributed by atoms with E-state index in [1.54, 1.807) is 25.4 Å². The molecule has 0 amide bonds. The number of carboxylic acid groups (broad SMARTS) is 1. The molecule has 2 aromatic carbocycles. The van der Waals surface area contributed by atoms with E-state index in [-0.39, 0.29) is 5.57 Å². The molecule has 2 heterocycles. The van der Waals surface area contributed by atoms with Crippen LogP contribution in [0.2, 0.25) is 0 Å². The Morgan fingerprint density at radius 3 is 2.72 bits per heavy atom. The van der Waals surface area contributed by atoms with E-state index < -0.39 is 5.97 Å². The molecule has 0 aliphatic carbocycles. The van der Waals surface area contributed by atoms with Crippen LogP contribution in [0.15, 0.2) is 55.5 Å². The Balaban J connectivity index is 1.73. The van der Waals surface area contributed by atoms with Gasteiger partial charge in [-0.25, -0.2) is 14.8 Å². The van der Waals surface area contributed by atoms with Crippen LogP contribution in [0.3, 0.4) is 0 Å². The smallest absolute Gasteiger partial charge is 0.335 e. The SMILES string of the molecule is C=C(C(=O)O)c1cc2c(Nc3cc(OC)cc4cccnc34)ncnc2cc1OCCCCN(C)C. The first-order chi connectivity index (χ1) is 17.4. The van der Waals surface area contributed by atoms with Gasteiger partial charge in [-0.2, -0.15) is 0 Å². The van der Waals surface area contributed by atoms with E-state index in [0.717, 1.165) is 30.3 Å². The van der Waals surface area contributed by atoms with Gasteiger partial charge in [0, 0.05) is 34.7 Å². The number of nitrogens with zero attached hydrogens (tertiary/aromatic N) is 4. The number of unbranched alkanes of at least 4 members (excludes halogenated alkanes) is 1. The molecule has 0 aliphatic rings. The van der Waals surface area contributed by atoms with Crippen molar-refractivity contribution >= 4 is 44.9 Å². The molecule has 186 valence electrons. The first kappa shape index (κ1) is 24.9. The normalized spacial score (nSPS) is 11.1. The van der Waals surface area contributed by atoms with Crippen molar-refractivity contribution in [2.45, 2.75) is 12.8 Å². The lowest BCUT2D eigenvalue weighted by Gasteiger charge is -2.16. The van der Waals surface area contributed by atoms with E-state index in [1.165, 1.54) is 6.33 Å². The lowest BCUT2D eigenvalue weighted by atomic mass is 10.0. The Kier molecular flexibility index (Phi) is 7.60. The molecule has 0 fully saturated rings. The first-order valence-corrected chi connectivity index (χ1v) is 11.6. The molecule has 2 aromatic heterocycles. The zero-order valence-corrected chi connectivity index (χ0v) is 20.6. The molecule has 0 spiro atoms. The zero-order valence-electron chi connectivity index (χ0n) is 20.6. The fourth-order valence-electron chi connectivity index (χ4n) is 3.87. The number of fused-ring (bicyclic) bond motifs is 2. The maximum Gasteiger partial charge on any atom is 0.335 e. The second-order valence-corrected chi connectivity index (χ2v) is 8.61. The third-order valence-electron chi connectivity index (χ3n) is 5.74. The second-order valence-electron chi connectivity index (χ2n) is 8.61. The molecule has 0 bridgehead atoms. The summed E-state index contributed by atoms with van der Waals surface area (Å²) in [5, 5.41) is 14.5. The van der Waals surface area contributed by atoms with Crippen LogP contribution in [0, 0.1) is 0 Å². The van der Waals surface area contributed by atoms with Gasteiger partial charge < -0.3 is 24.8 Å². The van der Waals surface area contributed by atoms with Gasteiger partial charge in [-0.15, -0.1) is 0 Å². The molecule has 9 heteroatoms. The number of pyridine rings is 1. The van der Waals surface area contributed by atoms with Gasteiger partial charge in [0.25, 0.3) is 0 Å². The van der Waals surface area contributed by atoms with Crippen molar-refractivity contribution in [1.29, 1.82) is 0 Å². The standard InChI is InChI=1S/C27H29N5O4/c1-17(27(33)34)20-14-21-22(15-24(20)36-11-6-5-10-32(2)3)29-16-30-26(21)31-23-13-19(35-4)12-18-8-7-9-28-25(18)23/h7-9,12-16H,1,5-6,10-11H2,2-4H3,(H,33,34)(H,29,30,31). The molecule has 0 atom stereocenters. The van der Waals surface area contributed by atoms with E-state index in [2.05, 4.69) is 31.7 Å². The van der Waals surface area contributed by atoms with Crippen LogP contribution in [0.4, 0.5) is 11.5 Å². The Labute approximate surface area is 209 Å². The number of benzene rings is 2. The third kappa shape index (κ3) is 5.52. The average molecular weight is 488 g/mol. The summed E-state index contributed by atoms with van der Waals surface area (Å²) in [4.78, 5) is 27.2. The molecule has 0 saturated carbocycles. The summed E-state index contributed by atoms with van der Waals surface area (Å²) in [6.07, 6.45) is 4.97. The first-order valence-electron chi connectivity index (χ1n) is 11.6. The molecule has 0 radical (unpaired) electrons. The highest BCUT2D eigenvalue weighted by molar-refractivity contribution is 6.16. The minimum absolute atomic E-state index is 0.0662. The highest BCUT2D eigenvalue weighted by Crippen LogP contribution is 2.35. The van der Waals surface area contributed by atoms with E-state index >= 15 is 0 Å². The van der Waals surface area contributed by atoms with E-state index in [9.17, 15) is 9.90 Å². The van der Waals surface area contributed by atoms with Crippen molar-refractivity contribution < 1.29 is 19.4 Å². The molecule has 0 saturated heterocycles. The topological polar surface area (TPSA) is 110 Å². The third-order valence-corrected chi connectivity index (χ3v) is 5.74. The zero-order chi connectivity index (χ0) is 25.7. The minimum atomic E-state index is -1.12. The van der Waals surface area contributed by atoms with E-state index in [1.807, 2.05) is 38.4 Å². The van der Waals surface area contributed by atoms with Crippen LogP contribution in [-0.2, 0) is 4.79 Å². The number of carbonyl (C=O) groups is 1. The van der Waals surface area contributed by atoms with Crippen molar-refractivity contribution in [2.24, 2.45) is 0 Å². The molecular weight excluding hydrogens is 458 g/mol. The lowest BCUT2D eigenvalue weighted by molar-refractivity contribution is -0.130. The number of aromatic nitrogens is 3. The number of ether oxygens (including phenoxy) is 2. The van der Waals surface area contributed by atoms with Gasteiger partial charge in [-0.1, -0.05) is 12.6 Å². The van der Waals surface area contributed by atoms with Crippen LogP contribution in [-0.4, -0.2) is 65.3 Å². The molecular formula is C27H29N5O4. The quantitative estimate of drug-likeness (QED) is 0.229. The van der Waals surface area contributed by atoms with Gasteiger partial charge >= 0.3 is 5.97 Å². The fourth-order valence-corrected chi connectivity index (χ4v) is 3.87. The number of aliphatic carboxylic acids is 1. The maximum atomic E-state index is 11.8. The fraction of sp³-hybridized carbons (Fsp3) is 0.259. The number of hydrogen-bond acceptors (Lipinski definition) is 8. The van der Waals surface area contributed by atoms with Gasteiger partial charge in [0.15, 0.2) is 0 Å². The predicted molar refractivity (Wildman–Crippen MR) is 141 cm³/mol. The van der Waals surface area contributed by atoms with Crippen LogP contribution < -0.4 is 14.8 Å². The highest BCUT2D eigenvalue weighted by atomic mass is 16.5. The lowest BCUT2D eigenvalue weighted by Crippen LogP contribution is -2.14. The number of methoxy groups -OCH3 is 1. The Morgan fingerprint density at radius 1 is 1.14 bits per heavy atom. The summed E-state index contributed by atoms with van der Waals surface area (Å²) >= 11 is 0. The second kappa shape index (κ2) is 11.0. The molecule has 36 heavy (non-hydrogen) atoms. The molecule has 2 N–H and O–H groups in total. The van der Waals surface area contributed by atoms with Crippen LogP contribution in [0.1, 0.15) is 18.4 Å². The molecule has 4 aromatic rings. The molecule has 4 rings (SSSR count). The van der Waals surface area contributed by atoms with Crippen LogP contribution in [0.5, 0.6) is 11.5 Å². The summed E-state index contributed by atoms with van der Waals surface area (Å²) in [6.45, 7) is 5.17. The summed E-state index contributed by atoms with van der Waals surface area (Å²) < 4.78 is 11.4. The van der Waals surface area contributed by atoms with Crippen molar-refractivity contribution in [3.05, 3.63) is 61.1 Å². The molecule has 0 aliphatic heterocycles. The van der Waals surface area contributed by atoms with E-state index in [4.69, 9.17) is 9.47 Å². The van der Waals surface area contributed by atoms with Crippen molar-refractivity contribution in [3.8, 4) is 11.5 Å². The molecule has 0 unspecified atom stereocenters. The minimum Gasteiger partial charge on any atom is -0.497 e. The highest BCUT2D eigenvalue weighted by Gasteiger charge is 2.18. The van der Waals surface area contributed by atoms with Gasteiger partial charge in [0.2, 0.25) is 0 Å². The van der Waals surface area contributed by atoms with Gasteiger partial charge in [-0.05, 0) is 51.7 Å². The number of carboxylic acids is 1. The van der Waals surface area contributed by atoms with Gasteiger partial charge in [0.1, 0.15) is 23.6 Å².